The highest BCUT2D eigenvalue weighted by atomic mass is 79.9. The zero-order chi connectivity index (χ0) is 22.4. The Morgan fingerprint density at radius 3 is 2.61 bits per heavy atom. The van der Waals surface area contributed by atoms with E-state index >= 15 is 0 Å². The number of phenols is 1. The van der Waals surface area contributed by atoms with Gasteiger partial charge in [0.15, 0.2) is 16.9 Å². The summed E-state index contributed by atoms with van der Waals surface area (Å²) in [6.07, 6.45) is 1.69. The fourth-order valence-corrected chi connectivity index (χ4v) is 4.79. The predicted molar refractivity (Wildman–Crippen MR) is 122 cm³/mol. The summed E-state index contributed by atoms with van der Waals surface area (Å²) in [7, 11) is 1.46. The average molecular weight is 486 g/mol. The molecule has 1 N–H and O–H groups in total. The largest absolute Gasteiger partial charge is 0.503 e. The second-order valence-electron chi connectivity index (χ2n) is 7.94. The smallest absolute Gasteiger partial charge is 0.290 e. The third-order valence-electron chi connectivity index (χ3n) is 5.75. The lowest BCUT2D eigenvalue weighted by Gasteiger charge is -2.25. The van der Waals surface area contributed by atoms with Crippen LogP contribution < -0.4 is 10.2 Å². The molecule has 1 aromatic heterocycles. The second kappa shape index (κ2) is 8.04. The van der Waals surface area contributed by atoms with Crippen LogP contribution in [0.2, 0.25) is 0 Å². The molecule has 1 aliphatic rings. The monoisotopic (exact) mass is 485 g/mol. The van der Waals surface area contributed by atoms with E-state index in [0.29, 0.717) is 33.1 Å². The number of aryl methyl sites for hydroxylation is 2. The number of benzene rings is 2. The molecule has 3 aromatic rings. The number of ether oxygens (including phenoxy) is 1. The first-order valence-electron chi connectivity index (χ1n) is 10.2. The molecule has 0 saturated carbocycles. The van der Waals surface area contributed by atoms with Gasteiger partial charge in [-0.25, -0.2) is 0 Å². The van der Waals surface area contributed by atoms with Crippen molar-refractivity contribution in [3.05, 3.63) is 67.0 Å². The van der Waals surface area contributed by atoms with Crippen molar-refractivity contribution in [3.63, 3.8) is 0 Å². The zero-order valence-corrected chi connectivity index (χ0v) is 19.5. The minimum absolute atomic E-state index is 0.0345. The third-order valence-corrected chi connectivity index (χ3v) is 6.36. The lowest BCUT2D eigenvalue weighted by Crippen LogP contribution is -2.30. The van der Waals surface area contributed by atoms with E-state index in [1.807, 2.05) is 26.8 Å². The summed E-state index contributed by atoms with van der Waals surface area (Å²) >= 11 is 3.36. The number of amides is 1. The van der Waals surface area contributed by atoms with Crippen molar-refractivity contribution in [2.24, 2.45) is 0 Å². The van der Waals surface area contributed by atoms with Crippen molar-refractivity contribution in [1.29, 1.82) is 0 Å². The highest BCUT2D eigenvalue weighted by molar-refractivity contribution is 9.10. The summed E-state index contributed by atoms with van der Waals surface area (Å²) in [5.74, 6) is 0.0204. The zero-order valence-electron chi connectivity index (χ0n) is 17.9. The number of carbonyl (C=O) groups is 1. The molecule has 0 radical (unpaired) electrons. The number of fused-ring (bicyclic) bond motifs is 2. The molecular weight excluding hydrogens is 462 g/mol. The van der Waals surface area contributed by atoms with Gasteiger partial charge in [0.2, 0.25) is 5.76 Å². The first-order valence-corrected chi connectivity index (χ1v) is 11.0. The molecule has 1 atom stereocenters. The number of aromatic hydroxyl groups is 1. The van der Waals surface area contributed by atoms with Crippen LogP contribution in [-0.2, 0) is 0 Å². The number of phenolic OH excluding ortho intramolecular Hbond substituents is 1. The summed E-state index contributed by atoms with van der Waals surface area (Å²) in [5.41, 5.74) is 3.00. The van der Waals surface area contributed by atoms with Gasteiger partial charge in [-0.2, -0.15) is 0 Å². The van der Waals surface area contributed by atoms with Crippen LogP contribution in [0, 0.1) is 13.8 Å². The summed E-state index contributed by atoms with van der Waals surface area (Å²) < 4.78 is 11.8. The SMILES string of the molecule is CCCCN1C(=O)c2oc3cc(C)cc(C)c3c(=O)c2C1c1cc(Br)c(O)c(OC)c1. The maximum atomic E-state index is 13.7. The Labute approximate surface area is 188 Å². The summed E-state index contributed by atoms with van der Waals surface area (Å²) in [6.45, 7) is 6.34. The van der Waals surface area contributed by atoms with Crippen LogP contribution >= 0.6 is 15.9 Å². The Hall–Kier alpha value is -2.80. The number of hydrogen-bond donors (Lipinski definition) is 1. The van der Waals surface area contributed by atoms with E-state index in [0.717, 1.165) is 24.0 Å². The van der Waals surface area contributed by atoms with Gasteiger partial charge in [-0.3, -0.25) is 9.59 Å². The predicted octanol–water partition coefficient (Wildman–Crippen LogP) is 5.23. The van der Waals surface area contributed by atoms with E-state index in [1.54, 1.807) is 23.1 Å². The van der Waals surface area contributed by atoms with Crippen LogP contribution in [0.25, 0.3) is 11.0 Å². The van der Waals surface area contributed by atoms with Crippen molar-refractivity contribution in [1.82, 2.24) is 4.90 Å². The first kappa shape index (κ1) is 21.4. The normalized spacial score (nSPS) is 15.6. The van der Waals surface area contributed by atoms with Crippen LogP contribution in [0.5, 0.6) is 11.5 Å². The van der Waals surface area contributed by atoms with Gasteiger partial charge < -0.3 is 19.2 Å². The van der Waals surface area contributed by atoms with Gasteiger partial charge in [0.05, 0.1) is 28.6 Å². The Morgan fingerprint density at radius 1 is 1.19 bits per heavy atom. The third kappa shape index (κ3) is 3.41. The van der Waals surface area contributed by atoms with Crippen molar-refractivity contribution < 1.29 is 19.1 Å². The molecule has 6 nitrogen and oxygen atoms in total. The number of methoxy groups -OCH3 is 1. The maximum absolute atomic E-state index is 13.7. The number of nitrogens with zero attached hydrogens (tertiary/aromatic N) is 1. The molecule has 162 valence electrons. The standard InChI is InChI=1S/C24H24BrNO5/c1-5-6-7-26-20(14-10-15(25)21(27)17(11-14)30-4)19-22(28)18-13(3)8-12(2)9-16(18)31-23(19)24(26)29/h8-11,20,27H,5-7H2,1-4H3. The maximum Gasteiger partial charge on any atom is 0.290 e. The molecule has 4 rings (SSSR count). The van der Waals surface area contributed by atoms with Crippen molar-refractivity contribution in [3.8, 4) is 11.5 Å². The Kier molecular flexibility index (Phi) is 5.56. The molecule has 7 heteroatoms. The molecule has 0 aliphatic carbocycles. The van der Waals surface area contributed by atoms with Crippen LogP contribution in [-0.4, -0.2) is 29.6 Å². The average Bonchev–Trinajstić information content (AvgIpc) is 3.00. The van der Waals surface area contributed by atoms with Crippen LogP contribution in [0.3, 0.4) is 0 Å². The molecule has 0 bridgehead atoms. The van der Waals surface area contributed by atoms with Gasteiger partial charge in [-0.15, -0.1) is 0 Å². The van der Waals surface area contributed by atoms with Crippen LogP contribution in [0.15, 0.2) is 37.9 Å². The summed E-state index contributed by atoms with van der Waals surface area (Å²) in [5, 5.41) is 10.7. The van der Waals surface area contributed by atoms with Gasteiger partial charge in [-0.1, -0.05) is 19.4 Å². The van der Waals surface area contributed by atoms with E-state index in [-0.39, 0.29) is 28.6 Å². The van der Waals surface area contributed by atoms with Gasteiger partial charge in [0.25, 0.3) is 5.91 Å². The molecule has 0 saturated heterocycles. The quantitative estimate of drug-likeness (QED) is 0.534. The van der Waals surface area contributed by atoms with E-state index < -0.39 is 6.04 Å². The molecule has 1 aliphatic heterocycles. The molecule has 0 fully saturated rings. The Balaban J connectivity index is 2.03. The Morgan fingerprint density at radius 2 is 1.94 bits per heavy atom. The molecule has 1 unspecified atom stereocenters. The molecule has 1 amide bonds. The number of carbonyl (C=O) groups excluding carboxylic acids is 1. The number of hydrogen-bond acceptors (Lipinski definition) is 5. The van der Waals surface area contributed by atoms with Gasteiger partial charge in [-0.05, 0) is 71.1 Å². The fraction of sp³-hybridized carbons (Fsp3) is 0.333. The first-order chi connectivity index (χ1) is 14.8. The van der Waals surface area contributed by atoms with Crippen molar-refractivity contribution in [2.75, 3.05) is 13.7 Å². The van der Waals surface area contributed by atoms with Crippen molar-refractivity contribution in [2.45, 2.75) is 39.7 Å². The highest BCUT2D eigenvalue weighted by Crippen LogP contribution is 2.43. The van der Waals surface area contributed by atoms with Gasteiger partial charge >= 0.3 is 0 Å². The second-order valence-corrected chi connectivity index (χ2v) is 8.79. The molecule has 2 aromatic carbocycles. The summed E-state index contributed by atoms with van der Waals surface area (Å²) in [6, 6.07) is 6.49. The van der Waals surface area contributed by atoms with E-state index in [1.165, 1.54) is 7.11 Å². The molecule has 2 heterocycles. The van der Waals surface area contributed by atoms with Crippen LogP contribution in [0.1, 0.15) is 58.6 Å². The number of unbranched alkanes of at least 4 members (excludes halogenated alkanes) is 1. The molecule has 0 spiro atoms. The highest BCUT2D eigenvalue weighted by Gasteiger charge is 2.43. The van der Waals surface area contributed by atoms with Gasteiger partial charge in [0, 0.05) is 6.54 Å². The Bertz CT molecular complexity index is 1260. The minimum atomic E-state index is -0.624. The van der Waals surface area contributed by atoms with E-state index in [9.17, 15) is 14.7 Å². The van der Waals surface area contributed by atoms with E-state index in [4.69, 9.17) is 9.15 Å². The van der Waals surface area contributed by atoms with Crippen molar-refractivity contribution >= 4 is 32.8 Å². The fourth-order valence-electron chi connectivity index (χ4n) is 4.33. The molecule has 31 heavy (non-hydrogen) atoms. The topological polar surface area (TPSA) is 80.0 Å². The molecular formula is C24H24BrNO5. The van der Waals surface area contributed by atoms with Gasteiger partial charge in [0.1, 0.15) is 5.58 Å². The van der Waals surface area contributed by atoms with E-state index in [2.05, 4.69) is 15.9 Å². The van der Waals surface area contributed by atoms with Crippen LogP contribution in [0.4, 0.5) is 0 Å². The minimum Gasteiger partial charge on any atom is -0.503 e. The number of halogens is 1. The number of rotatable bonds is 5. The lowest BCUT2D eigenvalue weighted by atomic mass is 9.96. The lowest BCUT2D eigenvalue weighted by molar-refractivity contribution is 0.0725. The summed E-state index contributed by atoms with van der Waals surface area (Å²) in [4.78, 5) is 28.7.